The SMILES string of the molecule is CN/C=C(\C=N)[C@H]1[C@H](C(=O)Nc2cc(F)cc(C#N)c2)c2cc(F)ccc2C(=O)N1CC(C)C. The summed E-state index contributed by atoms with van der Waals surface area (Å²) in [7, 11) is 1.62. The normalized spacial score (nSPS) is 17.7. The van der Waals surface area contributed by atoms with Gasteiger partial charge in [-0.25, -0.2) is 8.78 Å². The van der Waals surface area contributed by atoms with Crippen molar-refractivity contribution < 1.29 is 18.4 Å². The number of hydrogen-bond acceptors (Lipinski definition) is 5. The minimum atomic E-state index is -1.10. The summed E-state index contributed by atoms with van der Waals surface area (Å²) < 4.78 is 28.3. The monoisotopic (exact) mass is 465 g/mol. The number of nitriles is 1. The van der Waals surface area contributed by atoms with E-state index in [1.807, 2.05) is 19.9 Å². The lowest BCUT2D eigenvalue weighted by atomic mass is 9.78. The van der Waals surface area contributed by atoms with Crippen LogP contribution in [-0.4, -0.2) is 42.6 Å². The number of halogens is 2. The third-order valence-electron chi connectivity index (χ3n) is 5.45. The van der Waals surface area contributed by atoms with Gasteiger partial charge in [0.25, 0.3) is 5.91 Å². The van der Waals surface area contributed by atoms with Crippen molar-refractivity contribution in [2.75, 3.05) is 18.9 Å². The molecule has 1 heterocycles. The van der Waals surface area contributed by atoms with Gasteiger partial charge in [0.1, 0.15) is 11.6 Å². The van der Waals surface area contributed by atoms with Crippen LogP contribution in [0.5, 0.6) is 0 Å². The maximum absolute atomic E-state index is 14.3. The second kappa shape index (κ2) is 10.3. The second-order valence-corrected chi connectivity index (χ2v) is 8.41. The van der Waals surface area contributed by atoms with Crippen LogP contribution in [0.4, 0.5) is 14.5 Å². The molecule has 0 radical (unpaired) electrons. The van der Waals surface area contributed by atoms with Crippen LogP contribution >= 0.6 is 0 Å². The number of anilines is 1. The number of hydrogen-bond donors (Lipinski definition) is 3. The van der Waals surface area contributed by atoms with Gasteiger partial charge in [0.2, 0.25) is 5.91 Å². The van der Waals surface area contributed by atoms with Crippen molar-refractivity contribution >= 4 is 23.7 Å². The zero-order valence-electron chi connectivity index (χ0n) is 19.0. The molecule has 1 aliphatic rings. The van der Waals surface area contributed by atoms with Crippen molar-refractivity contribution in [2.45, 2.75) is 25.8 Å². The van der Waals surface area contributed by atoms with Crippen molar-refractivity contribution in [2.24, 2.45) is 5.92 Å². The van der Waals surface area contributed by atoms with E-state index < -0.39 is 29.5 Å². The van der Waals surface area contributed by atoms with Gasteiger partial charge in [-0.15, -0.1) is 0 Å². The molecule has 0 aromatic heterocycles. The minimum absolute atomic E-state index is 0.0220. The molecule has 0 saturated carbocycles. The number of nitrogens with one attached hydrogen (secondary N) is 3. The molecule has 7 nitrogen and oxygen atoms in total. The zero-order chi connectivity index (χ0) is 25.0. The number of carbonyl (C=O) groups excluding carboxylic acids is 2. The number of nitrogens with zero attached hydrogens (tertiary/aromatic N) is 2. The maximum Gasteiger partial charge on any atom is 0.254 e. The molecule has 3 rings (SSSR count). The molecule has 0 aliphatic carbocycles. The molecule has 176 valence electrons. The number of carbonyl (C=O) groups is 2. The van der Waals surface area contributed by atoms with E-state index >= 15 is 0 Å². The van der Waals surface area contributed by atoms with E-state index in [0.717, 1.165) is 30.5 Å². The fourth-order valence-electron chi connectivity index (χ4n) is 4.19. The van der Waals surface area contributed by atoms with Crippen LogP contribution in [0.3, 0.4) is 0 Å². The van der Waals surface area contributed by atoms with Gasteiger partial charge in [-0.3, -0.25) is 9.59 Å². The molecule has 2 aromatic rings. The molecule has 0 unspecified atom stereocenters. The quantitative estimate of drug-likeness (QED) is 0.541. The summed E-state index contributed by atoms with van der Waals surface area (Å²) in [6.07, 6.45) is 2.56. The number of rotatable bonds is 7. The number of amides is 2. The largest absolute Gasteiger partial charge is 0.394 e. The molecule has 34 heavy (non-hydrogen) atoms. The van der Waals surface area contributed by atoms with Crippen molar-refractivity contribution in [3.8, 4) is 6.07 Å². The van der Waals surface area contributed by atoms with Crippen LogP contribution in [0.1, 0.15) is 41.3 Å². The van der Waals surface area contributed by atoms with Crippen molar-refractivity contribution in [3.05, 3.63) is 76.5 Å². The van der Waals surface area contributed by atoms with Gasteiger partial charge in [0.15, 0.2) is 0 Å². The lowest BCUT2D eigenvalue weighted by molar-refractivity contribution is -0.118. The molecule has 0 spiro atoms. The molecule has 0 bridgehead atoms. The highest BCUT2D eigenvalue weighted by Gasteiger charge is 2.45. The van der Waals surface area contributed by atoms with E-state index in [1.165, 1.54) is 23.2 Å². The average molecular weight is 466 g/mol. The first-order chi connectivity index (χ1) is 16.2. The Hall–Kier alpha value is -4.06. The van der Waals surface area contributed by atoms with Gasteiger partial charge in [-0.05, 0) is 47.9 Å². The van der Waals surface area contributed by atoms with E-state index in [2.05, 4.69) is 10.6 Å². The zero-order valence-corrected chi connectivity index (χ0v) is 19.0. The highest BCUT2D eigenvalue weighted by molar-refractivity contribution is 6.06. The molecule has 0 fully saturated rings. The smallest absolute Gasteiger partial charge is 0.254 e. The summed E-state index contributed by atoms with van der Waals surface area (Å²) in [5.74, 6) is -3.38. The molecular weight excluding hydrogens is 440 g/mol. The summed E-state index contributed by atoms with van der Waals surface area (Å²) >= 11 is 0. The molecule has 2 amide bonds. The Morgan fingerprint density at radius 1 is 1.24 bits per heavy atom. The molecule has 3 N–H and O–H groups in total. The van der Waals surface area contributed by atoms with E-state index in [1.54, 1.807) is 7.05 Å². The van der Waals surface area contributed by atoms with E-state index in [4.69, 9.17) is 10.7 Å². The van der Waals surface area contributed by atoms with Crippen LogP contribution in [0.25, 0.3) is 0 Å². The lowest BCUT2D eigenvalue weighted by Gasteiger charge is -2.42. The van der Waals surface area contributed by atoms with Crippen LogP contribution < -0.4 is 10.6 Å². The standard InChI is InChI=1S/C25H25F2N5O2/c1-14(2)13-32-23(16(11-29)12-30-3)22(21-9-17(26)4-5-20(21)25(32)34)24(33)31-19-7-15(10-28)6-18(27)8-19/h4-9,11-12,14,22-23,29-30H,13H2,1-3H3,(H,31,33)/b16-12+,29-11?/t22-,23+/m1/s1. The highest BCUT2D eigenvalue weighted by Crippen LogP contribution is 2.38. The van der Waals surface area contributed by atoms with Crippen molar-refractivity contribution in [1.29, 1.82) is 10.7 Å². The Kier molecular flexibility index (Phi) is 7.41. The van der Waals surface area contributed by atoms with Crippen molar-refractivity contribution in [3.63, 3.8) is 0 Å². The number of benzene rings is 2. The summed E-state index contributed by atoms with van der Waals surface area (Å²) in [6, 6.07) is 7.99. The molecule has 9 heteroatoms. The average Bonchev–Trinajstić information content (AvgIpc) is 2.78. The Labute approximate surface area is 196 Å². The third-order valence-corrected chi connectivity index (χ3v) is 5.45. The topological polar surface area (TPSA) is 109 Å². The molecule has 1 aliphatic heterocycles. The van der Waals surface area contributed by atoms with E-state index in [-0.39, 0.29) is 40.7 Å². The second-order valence-electron chi connectivity index (χ2n) is 8.41. The van der Waals surface area contributed by atoms with Crippen LogP contribution in [0, 0.1) is 34.3 Å². The summed E-state index contributed by atoms with van der Waals surface area (Å²) in [4.78, 5) is 28.6. The van der Waals surface area contributed by atoms with Gasteiger partial charge in [-0.2, -0.15) is 5.26 Å². The Balaban J connectivity index is 2.20. The van der Waals surface area contributed by atoms with Gasteiger partial charge in [0.05, 0.1) is 23.6 Å². The third kappa shape index (κ3) is 4.96. The first-order valence-electron chi connectivity index (χ1n) is 10.7. The van der Waals surface area contributed by atoms with Gasteiger partial charge in [-0.1, -0.05) is 13.8 Å². The van der Waals surface area contributed by atoms with Gasteiger partial charge in [0, 0.05) is 42.8 Å². The van der Waals surface area contributed by atoms with Crippen LogP contribution in [0.15, 0.2) is 48.2 Å². The lowest BCUT2D eigenvalue weighted by Crippen LogP contribution is -2.53. The predicted octanol–water partition coefficient (Wildman–Crippen LogP) is 3.79. The van der Waals surface area contributed by atoms with E-state index in [9.17, 15) is 18.4 Å². The first kappa shape index (κ1) is 24.6. The summed E-state index contributed by atoms with van der Waals surface area (Å²) in [5.41, 5.74) is 0.773. The van der Waals surface area contributed by atoms with Gasteiger partial charge >= 0.3 is 0 Å². The Morgan fingerprint density at radius 3 is 2.59 bits per heavy atom. The molecule has 2 atom stereocenters. The maximum atomic E-state index is 14.3. The fourth-order valence-corrected chi connectivity index (χ4v) is 4.19. The van der Waals surface area contributed by atoms with Crippen LogP contribution in [0.2, 0.25) is 0 Å². The predicted molar refractivity (Wildman–Crippen MR) is 124 cm³/mol. The van der Waals surface area contributed by atoms with Crippen molar-refractivity contribution in [1.82, 2.24) is 10.2 Å². The first-order valence-corrected chi connectivity index (χ1v) is 10.7. The molecular formula is C25H25F2N5O2. The minimum Gasteiger partial charge on any atom is -0.394 e. The molecule has 0 saturated heterocycles. The fraction of sp³-hybridized carbons (Fsp3) is 0.280. The Bertz CT molecular complexity index is 1200. The number of fused-ring (bicyclic) bond motifs is 1. The van der Waals surface area contributed by atoms with Crippen LogP contribution in [-0.2, 0) is 4.79 Å². The van der Waals surface area contributed by atoms with Gasteiger partial charge < -0.3 is 20.9 Å². The Morgan fingerprint density at radius 2 is 1.97 bits per heavy atom. The highest BCUT2D eigenvalue weighted by atomic mass is 19.1. The van der Waals surface area contributed by atoms with E-state index in [0.29, 0.717) is 5.57 Å². The summed E-state index contributed by atoms with van der Waals surface area (Å²) in [6.45, 7) is 4.13. The summed E-state index contributed by atoms with van der Waals surface area (Å²) in [5, 5.41) is 22.5. The molecule has 2 aromatic carbocycles.